The first-order chi connectivity index (χ1) is 13.2. The number of nitroso groups, excluding NO2 is 1. The first-order valence-electron chi connectivity index (χ1n) is 9.21. The molecule has 4 rings (SSSR count). The lowest BCUT2D eigenvalue weighted by atomic mass is 9.92. The standard InChI is InChI=1S/C20H21N3O4S/c1-4-13-9-16-18-11-23(25)20(24)17(18)10-15(19(16)21-13)12-5-7-14(8-6-12)28(26,27)22(2)3/h5-8,10,13H,4,9,11H2,1-3H3/p+1. The Hall–Kier alpha value is -2.58. The number of anilines is 1. The average molecular weight is 400 g/mol. The maximum atomic E-state index is 12.3. The highest BCUT2D eigenvalue weighted by molar-refractivity contribution is 7.89. The van der Waals surface area contributed by atoms with Crippen molar-refractivity contribution in [1.82, 2.24) is 4.31 Å². The van der Waals surface area contributed by atoms with Gasteiger partial charge >= 0.3 is 5.91 Å². The molecule has 2 aromatic carbocycles. The van der Waals surface area contributed by atoms with Crippen LogP contribution in [0.25, 0.3) is 11.1 Å². The van der Waals surface area contributed by atoms with Gasteiger partial charge in [0.05, 0.1) is 9.66 Å². The molecule has 146 valence electrons. The smallest absolute Gasteiger partial charge is 0.381 e. The second-order valence-electron chi connectivity index (χ2n) is 7.41. The summed E-state index contributed by atoms with van der Waals surface area (Å²) in [5.74, 6) is -0.509. The van der Waals surface area contributed by atoms with Crippen LogP contribution in [0.5, 0.6) is 0 Å². The fourth-order valence-electron chi connectivity index (χ4n) is 3.88. The van der Waals surface area contributed by atoms with Crippen LogP contribution in [0.15, 0.2) is 35.2 Å². The minimum atomic E-state index is -3.51. The van der Waals surface area contributed by atoms with Crippen LogP contribution < -0.4 is 5.32 Å². The minimum Gasteiger partial charge on any atom is -0.381 e. The highest BCUT2D eigenvalue weighted by Gasteiger charge is 2.42. The van der Waals surface area contributed by atoms with Gasteiger partial charge in [0.2, 0.25) is 16.6 Å². The molecule has 2 aliphatic rings. The molecular weight excluding hydrogens is 378 g/mol. The summed E-state index contributed by atoms with van der Waals surface area (Å²) in [4.78, 5) is 24.4. The van der Waals surface area contributed by atoms with Gasteiger partial charge in [0.1, 0.15) is 5.56 Å². The molecule has 1 unspecified atom stereocenters. The van der Waals surface area contributed by atoms with Gasteiger partial charge in [0.25, 0.3) is 0 Å². The molecule has 0 saturated heterocycles. The van der Waals surface area contributed by atoms with Crippen LogP contribution in [0.2, 0.25) is 0 Å². The van der Waals surface area contributed by atoms with Crippen LogP contribution in [-0.4, -0.2) is 43.5 Å². The van der Waals surface area contributed by atoms with Gasteiger partial charge in [-0.2, -0.15) is 0 Å². The first-order valence-corrected chi connectivity index (χ1v) is 10.6. The van der Waals surface area contributed by atoms with Gasteiger partial charge in [-0.3, -0.25) is 0 Å². The van der Waals surface area contributed by atoms with Crippen LogP contribution in [0, 0.1) is 4.91 Å². The van der Waals surface area contributed by atoms with Crippen molar-refractivity contribution in [2.75, 3.05) is 19.4 Å². The first kappa shape index (κ1) is 18.8. The van der Waals surface area contributed by atoms with Crippen LogP contribution in [-0.2, 0) is 23.0 Å². The number of hydrogen-bond donors (Lipinski definition) is 1. The molecule has 2 aromatic rings. The van der Waals surface area contributed by atoms with E-state index in [4.69, 9.17) is 0 Å². The number of hydrogen-bond acceptors (Lipinski definition) is 5. The summed E-state index contributed by atoms with van der Waals surface area (Å²) in [5, 5.41) is 3.52. The van der Waals surface area contributed by atoms with E-state index in [1.165, 1.54) is 18.4 Å². The van der Waals surface area contributed by atoms with E-state index in [0.717, 1.165) is 40.8 Å². The van der Waals surface area contributed by atoms with E-state index in [2.05, 4.69) is 12.2 Å². The molecule has 0 radical (unpaired) electrons. The van der Waals surface area contributed by atoms with Gasteiger partial charge in [-0.25, -0.2) is 17.5 Å². The number of benzene rings is 2. The molecule has 1 amide bonds. The molecule has 2 heterocycles. The number of sulfonamides is 1. The van der Waals surface area contributed by atoms with E-state index in [-0.39, 0.29) is 17.5 Å². The summed E-state index contributed by atoms with van der Waals surface area (Å²) in [7, 11) is -0.527. The zero-order valence-corrected chi connectivity index (χ0v) is 16.8. The van der Waals surface area contributed by atoms with Crippen molar-refractivity contribution in [3.05, 3.63) is 51.9 Å². The Bertz CT molecular complexity index is 1110. The lowest BCUT2D eigenvalue weighted by Crippen LogP contribution is -2.22. The molecule has 1 atom stereocenters. The largest absolute Gasteiger partial charge is 0.466 e. The molecule has 2 aliphatic heterocycles. The van der Waals surface area contributed by atoms with Crippen molar-refractivity contribution in [1.29, 1.82) is 0 Å². The Kier molecular flexibility index (Phi) is 4.35. The van der Waals surface area contributed by atoms with Crippen molar-refractivity contribution in [2.45, 2.75) is 37.2 Å². The van der Waals surface area contributed by atoms with Crippen molar-refractivity contribution in [2.24, 2.45) is 0 Å². The molecule has 0 aliphatic carbocycles. The predicted octanol–water partition coefficient (Wildman–Crippen LogP) is 2.78. The second kappa shape index (κ2) is 6.49. The molecule has 1 N–H and O–H groups in total. The predicted molar refractivity (Wildman–Crippen MR) is 106 cm³/mol. The number of nitrogens with zero attached hydrogens (tertiary/aromatic N) is 2. The van der Waals surface area contributed by atoms with Gasteiger partial charge < -0.3 is 5.32 Å². The van der Waals surface area contributed by atoms with Crippen molar-refractivity contribution in [3.63, 3.8) is 0 Å². The molecule has 8 heteroatoms. The number of nitrogens with one attached hydrogen (secondary N) is 1. The Morgan fingerprint density at radius 3 is 2.43 bits per heavy atom. The van der Waals surface area contributed by atoms with E-state index < -0.39 is 15.9 Å². The van der Waals surface area contributed by atoms with E-state index in [0.29, 0.717) is 10.3 Å². The number of carbonyl (C=O) groups excluding carboxylic acids is 1. The van der Waals surface area contributed by atoms with Crippen LogP contribution in [0.4, 0.5) is 5.69 Å². The van der Waals surface area contributed by atoms with Crippen molar-refractivity contribution in [3.8, 4) is 11.1 Å². The molecule has 0 bridgehead atoms. The SMILES string of the molecule is CCC1Cc2c3c(cc(-c4ccc(S(=O)(=O)N(C)C)cc4)c2N1)C(=O)[N+](=O)C3. The third-order valence-electron chi connectivity index (χ3n) is 5.54. The number of amides is 1. The fourth-order valence-corrected chi connectivity index (χ4v) is 4.79. The fraction of sp³-hybridized carbons (Fsp3) is 0.350. The second-order valence-corrected chi connectivity index (χ2v) is 9.56. The van der Waals surface area contributed by atoms with Crippen LogP contribution >= 0.6 is 0 Å². The maximum Gasteiger partial charge on any atom is 0.466 e. The third kappa shape index (κ3) is 2.75. The van der Waals surface area contributed by atoms with E-state index in [1.54, 1.807) is 30.3 Å². The molecule has 28 heavy (non-hydrogen) atoms. The Morgan fingerprint density at radius 1 is 1.14 bits per heavy atom. The zero-order valence-electron chi connectivity index (χ0n) is 16.0. The van der Waals surface area contributed by atoms with E-state index >= 15 is 0 Å². The molecule has 0 saturated carbocycles. The van der Waals surface area contributed by atoms with E-state index in [1.807, 2.05) is 0 Å². The quantitative estimate of drug-likeness (QED) is 0.798. The lowest BCUT2D eigenvalue weighted by molar-refractivity contribution is -0.459. The third-order valence-corrected chi connectivity index (χ3v) is 7.37. The summed E-state index contributed by atoms with van der Waals surface area (Å²) in [5.41, 5.74) is 4.86. The van der Waals surface area contributed by atoms with Gasteiger partial charge in [0.15, 0.2) is 0 Å². The Morgan fingerprint density at radius 2 is 1.82 bits per heavy atom. The van der Waals surface area contributed by atoms with Gasteiger partial charge in [0, 0.05) is 41.9 Å². The lowest BCUT2D eigenvalue weighted by Gasteiger charge is -2.14. The molecular formula is C20H22N3O4S+. The van der Waals surface area contributed by atoms with Crippen molar-refractivity contribution >= 4 is 21.6 Å². The maximum absolute atomic E-state index is 12.3. The molecule has 0 spiro atoms. The van der Waals surface area contributed by atoms with Crippen LogP contribution in [0.1, 0.15) is 34.8 Å². The highest BCUT2D eigenvalue weighted by atomic mass is 32.2. The summed E-state index contributed by atoms with van der Waals surface area (Å²) >= 11 is 0. The van der Waals surface area contributed by atoms with Gasteiger partial charge in [-0.05, 0) is 42.2 Å². The average Bonchev–Trinajstić information content (AvgIpc) is 3.23. The number of fused-ring (bicyclic) bond motifs is 3. The molecule has 0 fully saturated rings. The zero-order chi connectivity index (χ0) is 20.2. The van der Waals surface area contributed by atoms with E-state index in [9.17, 15) is 18.1 Å². The van der Waals surface area contributed by atoms with Crippen LogP contribution in [0.3, 0.4) is 0 Å². The molecule has 7 nitrogen and oxygen atoms in total. The molecule has 0 aromatic heterocycles. The summed E-state index contributed by atoms with van der Waals surface area (Å²) < 4.78 is 26.3. The normalized spacial score (nSPS) is 18.4. The van der Waals surface area contributed by atoms with Gasteiger partial charge in [-0.1, -0.05) is 19.1 Å². The Labute approximate surface area is 164 Å². The van der Waals surface area contributed by atoms with Crippen molar-refractivity contribution < 1.29 is 18.0 Å². The number of carbonyl (C=O) groups is 1. The minimum absolute atomic E-state index is 0.0922. The Balaban J connectivity index is 1.85. The van der Waals surface area contributed by atoms with Gasteiger partial charge in [-0.15, -0.1) is 0 Å². The number of rotatable bonds is 4. The topological polar surface area (TPSA) is 86.6 Å². The summed E-state index contributed by atoms with van der Waals surface area (Å²) in [6, 6.07) is 8.64. The highest BCUT2D eigenvalue weighted by Crippen LogP contribution is 2.43. The monoisotopic (exact) mass is 400 g/mol. The summed E-state index contributed by atoms with van der Waals surface area (Å²) in [6.45, 7) is 2.18. The summed E-state index contributed by atoms with van der Waals surface area (Å²) in [6.07, 6.45) is 1.70.